The number of carbonyl (C=O) groups is 2. The van der Waals surface area contributed by atoms with E-state index in [1.54, 1.807) is 6.07 Å². The van der Waals surface area contributed by atoms with Crippen molar-refractivity contribution in [2.75, 3.05) is 23.7 Å². The molecule has 38 heavy (non-hydrogen) atoms. The summed E-state index contributed by atoms with van der Waals surface area (Å²) in [6.07, 6.45) is 1.84. The maximum Gasteiger partial charge on any atom is 0.244 e. The van der Waals surface area contributed by atoms with E-state index in [1.807, 2.05) is 37.3 Å². The van der Waals surface area contributed by atoms with Crippen molar-refractivity contribution in [1.82, 2.24) is 10.2 Å². The molecule has 0 aliphatic heterocycles. The second-order valence-corrected chi connectivity index (χ2v) is 11.2. The SMILES string of the molecule is CCCNC(=O)C(Cc1ccccc1)N(Cc1ccccc1F)C(=O)CN(c1ccc(Cl)cc1)S(C)(=O)=O. The minimum Gasteiger partial charge on any atom is -0.354 e. The van der Waals surface area contributed by atoms with Gasteiger partial charge in [0.2, 0.25) is 21.8 Å². The summed E-state index contributed by atoms with van der Waals surface area (Å²) in [7, 11) is -3.89. The van der Waals surface area contributed by atoms with Crippen LogP contribution < -0.4 is 9.62 Å². The van der Waals surface area contributed by atoms with Crippen LogP contribution in [0.4, 0.5) is 10.1 Å². The minimum absolute atomic E-state index is 0.163. The quantitative estimate of drug-likeness (QED) is 0.356. The number of hydrogen-bond donors (Lipinski definition) is 1. The smallest absolute Gasteiger partial charge is 0.244 e. The van der Waals surface area contributed by atoms with Crippen molar-refractivity contribution < 1.29 is 22.4 Å². The highest BCUT2D eigenvalue weighted by atomic mass is 35.5. The van der Waals surface area contributed by atoms with Crippen LogP contribution >= 0.6 is 11.6 Å². The fraction of sp³-hybridized carbons (Fsp3) is 0.286. The normalized spacial score (nSPS) is 12.0. The van der Waals surface area contributed by atoms with Gasteiger partial charge in [-0.1, -0.05) is 67.1 Å². The van der Waals surface area contributed by atoms with Crippen molar-refractivity contribution >= 4 is 39.1 Å². The van der Waals surface area contributed by atoms with Gasteiger partial charge in [0.25, 0.3) is 0 Å². The first kappa shape index (κ1) is 29.1. The second-order valence-electron chi connectivity index (χ2n) is 8.86. The van der Waals surface area contributed by atoms with Gasteiger partial charge in [0.1, 0.15) is 18.4 Å². The molecule has 10 heteroatoms. The molecule has 202 valence electrons. The molecule has 3 rings (SSSR count). The van der Waals surface area contributed by atoms with E-state index in [4.69, 9.17) is 11.6 Å². The number of anilines is 1. The van der Waals surface area contributed by atoms with E-state index in [9.17, 15) is 22.4 Å². The monoisotopic (exact) mass is 559 g/mol. The van der Waals surface area contributed by atoms with E-state index in [2.05, 4.69) is 5.32 Å². The van der Waals surface area contributed by atoms with Gasteiger partial charge in [0.05, 0.1) is 11.9 Å². The van der Waals surface area contributed by atoms with Gasteiger partial charge in [-0.25, -0.2) is 12.8 Å². The van der Waals surface area contributed by atoms with Crippen molar-refractivity contribution in [3.8, 4) is 0 Å². The number of hydrogen-bond acceptors (Lipinski definition) is 4. The average molecular weight is 560 g/mol. The Labute approximate surface area is 228 Å². The van der Waals surface area contributed by atoms with Crippen LogP contribution in [0.3, 0.4) is 0 Å². The third-order valence-corrected chi connectivity index (χ3v) is 7.31. The Hall–Kier alpha value is -3.43. The molecular weight excluding hydrogens is 529 g/mol. The lowest BCUT2D eigenvalue weighted by molar-refractivity contribution is -0.140. The van der Waals surface area contributed by atoms with Gasteiger partial charge in [0.15, 0.2) is 0 Å². The van der Waals surface area contributed by atoms with E-state index in [-0.39, 0.29) is 24.2 Å². The van der Waals surface area contributed by atoms with E-state index < -0.39 is 40.2 Å². The highest BCUT2D eigenvalue weighted by Gasteiger charge is 2.33. The molecule has 0 aliphatic carbocycles. The molecule has 0 fully saturated rings. The van der Waals surface area contributed by atoms with Gasteiger partial charge in [0, 0.05) is 30.1 Å². The minimum atomic E-state index is -3.89. The van der Waals surface area contributed by atoms with Crippen LogP contribution in [0, 0.1) is 5.82 Å². The van der Waals surface area contributed by atoms with Crippen LogP contribution in [0.5, 0.6) is 0 Å². The van der Waals surface area contributed by atoms with Gasteiger partial charge in [-0.2, -0.15) is 0 Å². The number of carbonyl (C=O) groups excluding carboxylic acids is 2. The molecule has 0 saturated carbocycles. The Kier molecular flexibility index (Phi) is 10.3. The van der Waals surface area contributed by atoms with Gasteiger partial charge in [-0.3, -0.25) is 13.9 Å². The van der Waals surface area contributed by atoms with Crippen LogP contribution in [0.25, 0.3) is 0 Å². The zero-order valence-electron chi connectivity index (χ0n) is 21.3. The average Bonchev–Trinajstić information content (AvgIpc) is 2.89. The zero-order chi connectivity index (χ0) is 27.7. The highest BCUT2D eigenvalue weighted by Crippen LogP contribution is 2.22. The Bertz CT molecular complexity index is 1340. The van der Waals surface area contributed by atoms with Gasteiger partial charge >= 0.3 is 0 Å². The lowest BCUT2D eigenvalue weighted by atomic mass is 10.0. The highest BCUT2D eigenvalue weighted by molar-refractivity contribution is 7.92. The van der Waals surface area contributed by atoms with Crippen LogP contribution in [0.2, 0.25) is 5.02 Å². The largest absolute Gasteiger partial charge is 0.354 e. The molecule has 0 bridgehead atoms. The van der Waals surface area contributed by atoms with E-state index in [0.717, 1.165) is 16.1 Å². The standard InChI is InChI=1S/C28H31ClFN3O4S/c1-3-17-31-28(35)26(18-21-9-5-4-6-10-21)32(19-22-11-7-8-12-25(22)30)27(34)20-33(38(2,36)37)24-15-13-23(29)14-16-24/h4-16,26H,3,17-20H2,1-2H3,(H,31,35). The lowest BCUT2D eigenvalue weighted by Crippen LogP contribution is -2.53. The van der Waals surface area contributed by atoms with Crippen molar-refractivity contribution in [3.63, 3.8) is 0 Å². The van der Waals surface area contributed by atoms with Crippen molar-refractivity contribution in [2.45, 2.75) is 32.4 Å². The Morgan fingerprint density at radius 1 is 0.974 bits per heavy atom. The number of rotatable bonds is 12. The van der Waals surface area contributed by atoms with E-state index in [0.29, 0.717) is 18.0 Å². The predicted octanol–water partition coefficient (Wildman–Crippen LogP) is 4.41. The van der Waals surface area contributed by atoms with Crippen LogP contribution in [0.15, 0.2) is 78.9 Å². The van der Waals surface area contributed by atoms with Gasteiger partial charge < -0.3 is 10.2 Å². The molecule has 0 spiro atoms. The molecule has 0 aromatic heterocycles. The molecular formula is C28H31ClFN3O4S. The van der Waals surface area contributed by atoms with Gasteiger partial charge in [-0.05, 0) is 42.3 Å². The number of halogens is 2. The van der Waals surface area contributed by atoms with Crippen molar-refractivity contribution in [3.05, 3.63) is 101 Å². The summed E-state index contributed by atoms with van der Waals surface area (Å²) in [4.78, 5) is 28.5. The molecule has 1 N–H and O–H groups in total. The summed E-state index contributed by atoms with van der Waals surface area (Å²) >= 11 is 5.96. The third-order valence-electron chi connectivity index (χ3n) is 5.91. The van der Waals surface area contributed by atoms with E-state index in [1.165, 1.54) is 47.4 Å². The van der Waals surface area contributed by atoms with E-state index >= 15 is 0 Å². The zero-order valence-corrected chi connectivity index (χ0v) is 22.9. The molecule has 1 atom stereocenters. The fourth-order valence-electron chi connectivity index (χ4n) is 3.95. The second kappa shape index (κ2) is 13.4. The number of amides is 2. The Balaban J connectivity index is 2.04. The molecule has 0 radical (unpaired) electrons. The molecule has 3 aromatic rings. The molecule has 0 aliphatic rings. The number of nitrogens with zero attached hydrogens (tertiary/aromatic N) is 2. The topological polar surface area (TPSA) is 86.8 Å². The first-order valence-corrected chi connectivity index (χ1v) is 14.4. The molecule has 2 amide bonds. The van der Waals surface area contributed by atoms with Crippen LogP contribution in [-0.2, 0) is 32.6 Å². The van der Waals surface area contributed by atoms with Crippen LogP contribution in [-0.4, -0.2) is 50.5 Å². The third kappa shape index (κ3) is 8.03. The number of nitrogens with one attached hydrogen (secondary N) is 1. The van der Waals surface area contributed by atoms with Crippen LogP contribution in [0.1, 0.15) is 24.5 Å². The van der Waals surface area contributed by atoms with Gasteiger partial charge in [-0.15, -0.1) is 0 Å². The summed E-state index contributed by atoms with van der Waals surface area (Å²) in [5, 5.41) is 3.24. The molecule has 7 nitrogen and oxygen atoms in total. The lowest BCUT2D eigenvalue weighted by Gasteiger charge is -2.33. The van der Waals surface area contributed by atoms with Crippen molar-refractivity contribution in [2.24, 2.45) is 0 Å². The summed E-state index contributed by atoms with van der Waals surface area (Å²) < 4.78 is 41.1. The molecule has 0 heterocycles. The molecule has 1 unspecified atom stereocenters. The Morgan fingerprint density at radius 3 is 2.21 bits per heavy atom. The molecule has 0 saturated heterocycles. The van der Waals surface area contributed by atoms with Crippen molar-refractivity contribution in [1.29, 1.82) is 0 Å². The maximum atomic E-state index is 14.7. The maximum absolute atomic E-state index is 14.7. The summed E-state index contributed by atoms with van der Waals surface area (Å²) in [5.74, 6) is -1.59. The first-order valence-electron chi connectivity index (χ1n) is 12.2. The predicted molar refractivity (Wildman–Crippen MR) is 148 cm³/mol. The summed E-state index contributed by atoms with van der Waals surface area (Å²) in [5.41, 5.74) is 1.25. The summed E-state index contributed by atoms with van der Waals surface area (Å²) in [6.45, 7) is 1.50. The Morgan fingerprint density at radius 2 is 1.61 bits per heavy atom. The summed E-state index contributed by atoms with van der Waals surface area (Å²) in [6, 6.07) is 20.2. The fourth-order valence-corrected chi connectivity index (χ4v) is 4.93. The molecule has 3 aromatic carbocycles. The number of sulfonamides is 1. The first-order chi connectivity index (χ1) is 18.1. The number of benzene rings is 3.